The Morgan fingerprint density at radius 2 is 2.00 bits per heavy atom. The third-order valence-electron chi connectivity index (χ3n) is 3.44. The van der Waals surface area contributed by atoms with Crippen molar-refractivity contribution < 1.29 is 9.84 Å². The molecule has 1 rings (SSSR count). The van der Waals surface area contributed by atoms with Gasteiger partial charge in [-0.15, -0.1) is 0 Å². The molecular weight excluding hydrogens is 238 g/mol. The number of methoxy groups -OCH3 is 1. The average molecular weight is 265 g/mol. The van der Waals surface area contributed by atoms with E-state index in [1.807, 2.05) is 12.1 Å². The molecule has 1 atom stereocenters. The van der Waals surface area contributed by atoms with E-state index in [0.717, 1.165) is 24.4 Å². The van der Waals surface area contributed by atoms with Gasteiger partial charge in [-0.3, -0.25) is 0 Å². The molecule has 1 unspecified atom stereocenters. The Morgan fingerprint density at radius 1 is 1.32 bits per heavy atom. The number of benzene rings is 1. The van der Waals surface area contributed by atoms with Crippen LogP contribution in [0.15, 0.2) is 18.2 Å². The first-order valence-corrected chi connectivity index (χ1v) is 6.95. The van der Waals surface area contributed by atoms with Crippen LogP contribution in [0.2, 0.25) is 0 Å². The van der Waals surface area contributed by atoms with Crippen LogP contribution in [0.5, 0.6) is 5.75 Å². The minimum absolute atomic E-state index is 0.0458. The first-order valence-electron chi connectivity index (χ1n) is 6.95. The molecule has 0 radical (unpaired) electrons. The van der Waals surface area contributed by atoms with Crippen molar-refractivity contribution in [2.24, 2.45) is 5.92 Å². The van der Waals surface area contributed by atoms with Gasteiger partial charge >= 0.3 is 0 Å². The lowest BCUT2D eigenvalue weighted by Gasteiger charge is -2.23. The van der Waals surface area contributed by atoms with Crippen LogP contribution in [0, 0.1) is 5.92 Å². The monoisotopic (exact) mass is 265 g/mol. The fourth-order valence-electron chi connectivity index (χ4n) is 2.00. The molecule has 1 aromatic carbocycles. The normalized spacial score (nSPS) is 13.2. The molecule has 3 nitrogen and oxygen atoms in total. The largest absolute Gasteiger partial charge is 0.496 e. The Morgan fingerprint density at radius 3 is 2.47 bits per heavy atom. The molecule has 108 valence electrons. The number of nitrogens with one attached hydrogen (secondary N) is 1. The molecule has 0 saturated carbocycles. The smallest absolute Gasteiger partial charge is 0.122 e. The molecule has 1 aromatic rings. The van der Waals surface area contributed by atoms with Crippen molar-refractivity contribution in [1.29, 1.82) is 0 Å². The Hall–Kier alpha value is -1.22. The first kappa shape index (κ1) is 15.8. The summed E-state index contributed by atoms with van der Waals surface area (Å²) in [4.78, 5) is 0. The number of anilines is 1. The summed E-state index contributed by atoms with van der Waals surface area (Å²) in [7, 11) is 1.70. The number of aliphatic hydroxyl groups excluding tert-OH is 1. The van der Waals surface area contributed by atoms with E-state index in [2.05, 4.69) is 39.1 Å². The summed E-state index contributed by atoms with van der Waals surface area (Å²) < 4.78 is 5.43. The van der Waals surface area contributed by atoms with E-state index in [4.69, 9.17) is 4.74 Å². The van der Waals surface area contributed by atoms with Crippen molar-refractivity contribution in [3.05, 3.63) is 23.8 Å². The third-order valence-corrected chi connectivity index (χ3v) is 3.44. The van der Waals surface area contributed by atoms with Crippen LogP contribution in [0.3, 0.4) is 0 Å². The van der Waals surface area contributed by atoms with E-state index in [1.54, 1.807) is 7.11 Å². The Kier molecular flexibility index (Phi) is 5.67. The van der Waals surface area contributed by atoms with Gasteiger partial charge in [0, 0.05) is 24.4 Å². The fourth-order valence-corrected chi connectivity index (χ4v) is 2.00. The van der Waals surface area contributed by atoms with Crippen LogP contribution in [0.4, 0.5) is 5.69 Å². The van der Waals surface area contributed by atoms with Gasteiger partial charge < -0.3 is 15.2 Å². The zero-order chi connectivity index (χ0) is 14.5. The predicted molar refractivity (Wildman–Crippen MR) is 81.1 cm³/mol. The third kappa shape index (κ3) is 4.43. The maximum absolute atomic E-state index is 9.21. The summed E-state index contributed by atoms with van der Waals surface area (Å²) in [5.41, 5.74) is 2.32. The summed E-state index contributed by atoms with van der Waals surface area (Å²) in [5.74, 6) is 1.23. The first-order chi connectivity index (χ1) is 8.92. The number of aliphatic hydroxyl groups is 1. The predicted octanol–water partition coefficient (Wildman–Crippen LogP) is 3.42. The maximum atomic E-state index is 9.21. The second-order valence-electron chi connectivity index (χ2n) is 6.00. The van der Waals surface area contributed by atoms with Crippen molar-refractivity contribution in [3.63, 3.8) is 0 Å². The minimum Gasteiger partial charge on any atom is -0.496 e. The van der Waals surface area contributed by atoms with Crippen molar-refractivity contribution in [1.82, 2.24) is 0 Å². The lowest BCUT2D eigenvalue weighted by atomic mass is 9.86. The highest BCUT2D eigenvalue weighted by Crippen LogP contribution is 2.33. The number of rotatable bonds is 6. The van der Waals surface area contributed by atoms with E-state index < -0.39 is 0 Å². The van der Waals surface area contributed by atoms with Crippen molar-refractivity contribution in [3.8, 4) is 5.75 Å². The molecule has 0 saturated heterocycles. The summed E-state index contributed by atoms with van der Waals surface area (Å²) in [6, 6.07) is 6.17. The van der Waals surface area contributed by atoms with E-state index in [9.17, 15) is 5.11 Å². The standard InChI is InChI=1S/C16H27NO2/c1-6-12(11-18)10-17-13-7-8-15(19-5)14(9-13)16(2,3)4/h7-9,12,17-18H,6,10-11H2,1-5H3. The van der Waals surface area contributed by atoms with Crippen molar-refractivity contribution in [2.45, 2.75) is 39.5 Å². The lowest BCUT2D eigenvalue weighted by molar-refractivity contribution is 0.230. The molecule has 0 aliphatic carbocycles. The molecule has 0 spiro atoms. The van der Waals surface area contributed by atoms with Gasteiger partial charge in [0.2, 0.25) is 0 Å². The van der Waals surface area contributed by atoms with Crippen molar-refractivity contribution >= 4 is 5.69 Å². The summed E-state index contributed by atoms with van der Waals surface area (Å²) in [5, 5.41) is 12.6. The molecule has 0 amide bonds. The zero-order valence-corrected chi connectivity index (χ0v) is 12.8. The molecule has 0 heterocycles. The second kappa shape index (κ2) is 6.80. The highest BCUT2D eigenvalue weighted by molar-refractivity contribution is 5.53. The van der Waals surface area contributed by atoms with E-state index >= 15 is 0 Å². The molecule has 0 aliphatic heterocycles. The quantitative estimate of drug-likeness (QED) is 0.828. The van der Waals surface area contributed by atoms with Gasteiger partial charge in [0.15, 0.2) is 0 Å². The zero-order valence-electron chi connectivity index (χ0n) is 12.8. The van der Waals surface area contributed by atoms with Crippen LogP contribution in [-0.4, -0.2) is 25.4 Å². The Bertz CT molecular complexity index is 392. The molecule has 0 aromatic heterocycles. The minimum atomic E-state index is 0.0458. The van der Waals surface area contributed by atoms with E-state index in [-0.39, 0.29) is 12.0 Å². The van der Waals surface area contributed by atoms with Gasteiger partial charge in [-0.2, -0.15) is 0 Å². The fraction of sp³-hybridized carbons (Fsp3) is 0.625. The van der Waals surface area contributed by atoms with E-state index in [0.29, 0.717) is 5.92 Å². The topological polar surface area (TPSA) is 41.5 Å². The molecular formula is C16H27NO2. The number of ether oxygens (including phenoxy) is 1. The van der Waals surface area contributed by atoms with Crippen LogP contribution < -0.4 is 10.1 Å². The molecule has 0 bridgehead atoms. The molecule has 19 heavy (non-hydrogen) atoms. The number of hydrogen-bond donors (Lipinski definition) is 2. The van der Waals surface area contributed by atoms with Crippen LogP contribution >= 0.6 is 0 Å². The van der Waals surface area contributed by atoms with Crippen molar-refractivity contribution in [2.75, 3.05) is 25.6 Å². The molecule has 3 heteroatoms. The second-order valence-corrected chi connectivity index (χ2v) is 6.00. The van der Waals surface area contributed by atoms with Crippen LogP contribution in [0.1, 0.15) is 39.7 Å². The van der Waals surface area contributed by atoms with Gasteiger partial charge in [0.1, 0.15) is 5.75 Å². The Balaban J connectivity index is 2.87. The summed E-state index contributed by atoms with van der Waals surface area (Å²) >= 11 is 0. The maximum Gasteiger partial charge on any atom is 0.122 e. The summed E-state index contributed by atoms with van der Waals surface area (Å²) in [6.45, 7) is 9.65. The van der Waals surface area contributed by atoms with Crippen LogP contribution in [0.25, 0.3) is 0 Å². The molecule has 0 aliphatic rings. The SMILES string of the molecule is CCC(CO)CNc1ccc(OC)c(C(C)(C)C)c1. The Labute approximate surface area is 117 Å². The molecule has 0 fully saturated rings. The van der Waals surface area contributed by atoms with Gasteiger partial charge in [0.05, 0.1) is 7.11 Å². The highest BCUT2D eigenvalue weighted by Gasteiger charge is 2.19. The van der Waals surface area contributed by atoms with Gasteiger partial charge in [-0.25, -0.2) is 0 Å². The van der Waals surface area contributed by atoms with E-state index in [1.165, 1.54) is 5.56 Å². The summed E-state index contributed by atoms with van der Waals surface area (Å²) in [6.07, 6.45) is 0.978. The highest BCUT2D eigenvalue weighted by atomic mass is 16.5. The van der Waals surface area contributed by atoms with Gasteiger partial charge in [0.25, 0.3) is 0 Å². The number of hydrogen-bond acceptors (Lipinski definition) is 3. The lowest BCUT2D eigenvalue weighted by Crippen LogP contribution is -2.18. The average Bonchev–Trinajstić information content (AvgIpc) is 2.38. The van der Waals surface area contributed by atoms with Gasteiger partial charge in [-0.05, 0) is 36.0 Å². The van der Waals surface area contributed by atoms with Gasteiger partial charge in [-0.1, -0.05) is 27.7 Å². The molecule has 2 N–H and O–H groups in total. The van der Waals surface area contributed by atoms with Crippen LogP contribution in [-0.2, 0) is 5.41 Å².